The molecule has 0 spiro atoms. The fourth-order valence-corrected chi connectivity index (χ4v) is 5.42. The maximum absolute atomic E-state index is 13.9. The molecular formula is C27H32F3N7O2. The molecule has 12 heteroatoms. The molecule has 2 aliphatic rings. The van der Waals surface area contributed by atoms with E-state index in [1.54, 1.807) is 20.0 Å². The number of benzene rings is 1. The Bertz CT molecular complexity index is 1370. The molecule has 39 heavy (non-hydrogen) atoms. The van der Waals surface area contributed by atoms with Gasteiger partial charge in [0.1, 0.15) is 17.2 Å². The number of ether oxygens (including phenoxy) is 1. The van der Waals surface area contributed by atoms with Gasteiger partial charge in [-0.25, -0.2) is 4.98 Å². The van der Waals surface area contributed by atoms with Crippen LogP contribution in [0, 0.1) is 16.7 Å². The third-order valence-corrected chi connectivity index (χ3v) is 7.81. The van der Waals surface area contributed by atoms with Crippen LogP contribution in [0.15, 0.2) is 30.3 Å². The molecule has 208 valence electrons. The molecule has 1 aliphatic carbocycles. The quantitative estimate of drug-likeness (QED) is 0.211. The Kier molecular flexibility index (Phi) is 7.45. The number of hydrogen-bond donors (Lipinski definition) is 5. The van der Waals surface area contributed by atoms with Crippen LogP contribution in [0.4, 0.5) is 13.2 Å². The van der Waals surface area contributed by atoms with Crippen molar-refractivity contribution in [3.8, 4) is 11.3 Å². The van der Waals surface area contributed by atoms with E-state index in [2.05, 4.69) is 20.5 Å². The van der Waals surface area contributed by atoms with Gasteiger partial charge in [-0.3, -0.25) is 15.9 Å². The predicted molar refractivity (Wildman–Crippen MR) is 141 cm³/mol. The van der Waals surface area contributed by atoms with Crippen LogP contribution in [0.2, 0.25) is 0 Å². The van der Waals surface area contributed by atoms with Gasteiger partial charge in [-0.2, -0.15) is 18.3 Å². The number of hydrogen-bond acceptors (Lipinski definition) is 7. The second kappa shape index (κ2) is 10.7. The Hall–Kier alpha value is -3.35. The highest BCUT2D eigenvalue weighted by Crippen LogP contribution is 2.42. The van der Waals surface area contributed by atoms with E-state index >= 15 is 0 Å². The number of nitrogens with one attached hydrogen (secondary N) is 4. The van der Waals surface area contributed by atoms with E-state index in [1.165, 1.54) is 4.90 Å². The summed E-state index contributed by atoms with van der Waals surface area (Å²) in [6.45, 7) is 2.11. The number of aromatic nitrogens is 3. The summed E-state index contributed by atoms with van der Waals surface area (Å²) in [5.74, 6) is 0.339. The highest BCUT2D eigenvalue weighted by Gasteiger charge is 2.36. The highest BCUT2D eigenvalue weighted by molar-refractivity contribution is 5.96. The first kappa shape index (κ1) is 27.2. The fourth-order valence-electron chi connectivity index (χ4n) is 5.42. The van der Waals surface area contributed by atoms with Gasteiger partial charge in [0, 0.05) is 30.0 Å². The maximum Gasteiger partial charge on any atom is 0.433 e. The number of nitrogens with zero attached hydrogens (tertiary/aromatic N) is 3. The molecule has 5 N–H and O–H groups in total. The maximum atomic E-state index is 13.9. The zero-order chi connectivity index (χ0) is 27.9. The SMILES string of the molecule is CC(NC1COCC1O)c1nc(C(F)(F)F)cc2c(-c3cccc(C(C(=N)N(C)C=N)C4CCC4)c3)n[nH]c12. The molecule has 4 atom stereocenters. The van der Waals surface area contributed by atoms with Crippen LogP contribution >= 0.6 is 0 Å². The lowest BCUT2D eigenvalue weighted by Crippen LogP contribution is -2.40. The minimum absolute atomic E-state index is 0.149. The standard InChI is InChI=1S/C27H32F3N7O2/c1-14(33-19-11-39-12-20(19)38)23-25-18(10-21(34-23)27(28,29)30)24(35-36-25)17-8-4-7-16(9-17)22(15-5-3-6-15)26(32)37(2)13-31/h4,7-10,13-15,19-20,22,31-33,38H,3,5-6,11-12H2,1-2H3,(H,35,36). The predicted octanol–water partition coefficient (Wildman–Crippen LogP) is 4.45. The number of aliphatic hydroxyl groups is 1. The third-order valence-electron chi connectivity index (χ3n) is 7.81. The van der Waals surface area contributed by atoms with Crippen molar-refractivity contribution >= 4 is 23.1 Å². The lowest BCUT2D eigenvalue weighted by Gasteiger charge is -2.36. The number of pyridine rings is 1. The summed E-state index contributed by atoms with van der Waals surface area (Å²) in [5.41, 5.74) is 1.35. The third kappa shape index (κ3) is 5.28. The minimum Gasteiger partial charge on any atom is -0.389 e. The molecule has 0 radical (unpaired) electrons. The van der Waals surface area contributed by atoms with Gasteiger partial charge in [0.25, 0.3) is 0 Å². The summed E-state index contributed by atoms with van der Waals surface area (Å²) >= 11 is 0. The minimum atomic E-state index is -4.67. The largest absolute Gasteiger partial charge is 0.433 e. The number of rotatable bonds is 8. The van der Waals surface area contributed by atoms with Crippen LogP contribution in [-0.2, 0) is 10.9 Å². The molecule has 1 aromatic carbocycles. The number of alkyl halides is 3. The van der Waals surface area contributed by atoms with Gasteiger partial charge in [0.2, 0.25) is 0 Å². The Morgan fingerprint density at radius 1 is 1.28 bits per heavy atom. The van der Waals surface area contributed by atoms with Gasteiger partial charge < -0.3 is 20.1 Å². The van der Waals surface area contributed by atoms with Crippen LogP contribution < -0.4 is 5.32 Å². The first-order valence-corrected chi connectivity index (χ1v) is 13.0. The second-order valence-electron chi connectivity index (χ2n) is 10.4. The molecule has 5 rings (SSSR count). The van der Waals surface area contributed by atoms with E-state index in [-0.39, 0.29) is 36.1 Å². The van der Waals surface area contributed by atoms with Gasteiger partial charge in [0.05, 0.1) is 42.9 Å². The van der Waals surface area contributed by atoms with Crippen LogP contribution in [0.5, 0.6) is 0 Å². The normalized spacial score (nSPS) is 21.5. The van der Waals surface area contributed by atoms with Gasteiger partial charge in [-0.1, -0.05) is 24.6 Å². The molecule has 3 heterocycles. The van der Waals surface area contributed by atoms with Crippen molar-refractivity contribution in [1.29, 1.82) is 10.8 Å². The summed E-state index contributed by atoms with van der Waals surface area (Å²) < 4.78 is 47.1. The Morgan fingerprint density at radius 2 is 2.05 bits per heavy atom. The highest BCUT2D eigenvalue weighted by atomic mass is 19.4. The van der Waals surface area contributed by atoms with Crippen molar-refractivity contribution in [3.05, 3.63) is 47.3 Å². The number of amidine groups is 1. The first-order chi connectivity index (χ1) is 18.6. The molecule has 1 aliphatic heterocycles. The molecule has 0 bridgehead atoms. The lowest BCUT2D eigenvalue weighted by molar-refractivity contribution is -0.141. The first-order valence-electron chi connectivity index (χ1n) is 13.0. The van der Waals surface area contributed by atoms with Gasteiger partial charge in [-0.05, 0) is 43.4 Å². The van der Waals surface area contributed by atoms with Crippen LogP contribution in [0.3, 0.4) is 0 Å². The average Bonchev–Trinajstić information content (AvgIpc) is 3.50. The molecule has 4 unspecified atom stereocenters. The molecule has 1 saturated heterocycles. The zero-order valence-electron chi connectivity index (χ0n) is 21.7. The number of halogens is 3. The Balaban J connectivity index is 1.57. The second-order valence-corrected chi connectivity index (χ2v) is 10.4. The smallest absolute Gasteiger partial charge is 0.389 e. The number of aromatic amines is 1. The molecule has 2 fully saturated rings. The summed E-state index contributed by atoms with van der Waals surface area (Å²) in [6.07, 6.45) is -1.29. The van der Waals surface area contributed by atoms with E-state index in [4.69, 9.17) is 15.6 Å². The topological polar surface area (TPSA) is 134 Å². The summed E-state index contributed by atoms with van der Waals surface area (Å²) in [7, 11) is 1.67. The van der Waals surface area contributed by atoms with Crippen LogP contribution in [0.1, 0.15) is 55.1 Å². The lowest BCUT2D eigenvalue weighted by atomic mass is 9.72. The van der Waals surface area contributed by atoms with E-state index < -0.39 is 30.1 Å². The molecule has 0 amide bonds. The van der Waals surface area contributed by atoms with E-state index in [9.17, 15) is 18.3 Å². The van der Waals surface area contributed by atoms with E-state index in [0.29, 0.717) is 22.6 Å². The number of H-pyrrole nitrogens is 1. The zero-order valence-corrected chi connectivity index (χ0v) is 21.7. The monoisotopic (exact) mass is 543 g/mol. The van der Waals surface area contributed by atoms with Crippen molar-refractivity contribution in [2.75, 3.05) is 20.3 Å². The van der Waals surface area contributed by atoms with Gasteiger partial charge in [0.15, 0.2) is 0 Å². The Labute approximate surface area is 223 Å². The van der Waals surface area contributed by atoms with Crippen molar-refractivity contribution < 1.29 is 23.0 Å². The van der Waals surface area contributed by atoms with Gasteiger partial charge >= 0.3 is 6.18 Å². The molecule has 1 saturated carbocycles. The Morgan fingerprint density at radius 3 is 2.67 bits per heavy atom. The number of fused-ring (bicyclic) bond motifs is 1. The van der Waals surface area contributed by atoms with Crippen molar-refractivity contribution in [3.63, 3.8) is 0 Å². The molecule has 3 aromatic rings. The molecular weight excluding hydrogens is 511 g/mol. The number of aliphatic hydroxyl groups excluding tert-OH is 1. The summed E-state index contributed by atoms with van der Waals surface area (Å²) in [5, 5.41) is 37.2. The van der Waals surface area contributed by atoms with E-state index in [1.807, 2.05) is 18.2 Å². The molecule has 2 aromatic heterocycles. The van der Waals surface area contributed by atoms with Crippen molar-refractivity contribution in [2.24, 2.45) is 5.92 Å². The van der Waals surface area contributed by atoms with Crippen molar-refractivity contribution in [2.45, 2.75) is 56.5 Å². The van der Waals surface area contributed by atoms with Gasteiger partial charge in [-0.15, -0.1) is 0 Å². The molecule has 9 nitrogen and oxygen atoms in total. The van der Waals surface area contributed by atoms with Crippen LogP contribution in [0.25, 0.3) is 22.2 Å². The van der Waals surface area contributed by atoms with Crippen molar-refractivity contribution in [1.82, 2.24) is 25.4 Å². The van der Waals surface area contributed by atoms with Crippen LogP contribution in [-0.4, -0.2) is 69.8 Å². The van der Waals surface area contributed by atoms with E-state index in [0.717, 1.165) is 37.2 Å². The average molecular weight is 544 g/mol. The number of likely N-dealkylation sites (N-methyl/N-ethyl adjacent to an activating group) is 1. The summed E-state index contributed by atoms with van der Waals surface area (Å²) in [4.78, 5) is 5.43. The summed E-state index contributed by atoms with van der Waals surface area (Å²) in [6, 6.07) is 7.38. The fraction of sp³-hybridized carbons (Fsp3) is 0.481.